The molecule has 0 spiro atoms. The SMILES string of the molecule is O=C1OCC/C1=C1/OCCC1Cc1ccccc1. The number of carbonyl (C=O) groups excluding carboxylic acids is 1. The van der Waals surface area contributed by atoms with E-state index in [2.05, 4.69) is 12.1 Å². The molecule has 3 nitrogen and oxygen atoms in total. The Bertz CT molecular complexity index is 476. The smallest absolute Gasteiger partial charge is 0.337 e. The van der Waals surface area contributed by atoms with Crippen molar-refractivity contribution < 1.29 is 14.3 Å². The summed E-state index contributed by atoms with van der Waals surface area (Å²) < 4.78 is 10.7. The van der Waals surface area contributed by atoms with Crippen LogP contribution in [0.1, 0.15) is 18.4 Å². The van der Waals surface area contributed by atoms with Crippen LogP contribution in [0.2, 0.25) is 0 Å². The van der Waals surface area contributed by atoms with Crippen molar-refractivity contribution in [2.24, 2.45) is 5.92 Å². The monoisotopic (exact) mass is 244 g/mol. The zero-order valence-corrected chi connectivity index (χ0v) is 10.2. The summed E-state index contributed by atoms with van der Waals surface area (Å²) in [5.41, 5.74) is 2.05. The van der Waals surface area contributed by atoms with Crippen LogP contribution in [0.3, 0.4) is 0 Å². The Morgan fingerprint density at radius 3 is 2.67 bits per heavy atom. The Hall–Kier alpha value is -1.77. The fourth-order valence-electron chi connectivity index (χ4n) is 2.65. The fourth-order valence-corrected chi connectivity index (χ4v) is 2.65. The molecule has 0 bridgehead atoms. The Balaban J connectivity index is 1.82. The first-order valence-electron chi connectivity index (χ1n) is 6.41. The molecule has 0 amide bonds. The minimum absolute atomic E-state index is 0.190. The molecule has 3 rings (SSSR count). The molecule has 1 unspecified atom stereocenters. The third-order valence-electron chi connectivity index (χ3n) is 3.55. The third kappa shape index (κ3) is 2.13. The predicted octanol–water partition coefficient (Wildman–Crippen LogP) is 2.47. The van der Waals surface area contributed by atoms with Gasteiger partial charge in [0, 0.05) is 12.3 Å². The van der Waals surface area contributed by atoms with Gasteiger partial charge in [-0.3, -0.25) is 0 Å². The highest BCUT2D eigenvalue weighted by atomic mass is 16.5. The summed E-state index contributed by atoms with van der Waals surface area (Å²) in [6, 6.07) is 10.3. The van der Waals surface area contributed by atoms with Crippen LogP contribution in [-0.4, -0.2) is 19.2 Å². The van der Waals surface area contributed by atoms with Crippen molar-refractivity contribution in [2.45, 2.75) is 19.3 Å². The molecule has 0 radical (unpaired) electrons. The summed E-state index contributed by atoms with van der Waals surface area (Å²) in [4.78, 5) is 11.6. The van der Waals surface area contributed by atoms with Gasteiger partial charge in [-0.2, -0.15) is 0 Å². The lowest BCUT2D eigenvalue weighted by Gasteiger charge is -2.11. The van der Waals surface area contributed by atoms with Gasteiger partial charge in [0.1, 0.15) is 5.76 Å². The molecule has 2 aliphatic rings. The number of rotatable bonds is 2. The van der Waals surface area contributed by atoms with Crippen LogP contribution in [-0.2, 0) is 20.7 Å². The van der Waals surface area contributed by atoms with Crippen molar-refractivity contribution in [3.8, 4) is 0 Å². The summed E-state index contributed by atoms with van der Waals surface area (Å²) >= 11 is 0. The molecule has 2 fully saturated rings. The van der Waals surface area contributed by atoms with Gasteiger partial charge in [0.25, 0.3) is 0 Å². The van der Waals surface area contributed by atoms with Crippen LogP contribution in [0.15, 0.2) is 41.7 Å². The van der Waals surface area contributed by atoms with Crippen molar-refractivity contribution in [3.05, 3.63) is 47.2 Å². The maximum Gasteiger partial charge on any atom is 0.337 e. The van der Waals surface area contributed by atoms with E-state index in [1.165, 1.54) is 5.56 Å². The van der Waals surface area contributed by atoms with Crippen LogP contribution in [0.4, 0.5) is 0 Å². The minimum atomic E-state index is -0.190. The van der Waals surface area contributed by atoms with Gasteiger partial charge in [-0.1, -0.05) is 30.3 Å². The largest absolute Gasteiger partial charge is 0.497 e. The highest BCUT2D eigenvalue weighted by Crippen LogP contribution is 2.33. The van der Waals surface area contributed by atoms with E-state index in [0.29, 0.717) is 25.6 Å². The zero-order chi connectivity index (χ0) is 12.4. The number of esters is 1. The third-order valence-corrected chi connectivity index (χ3v) is 3.55. The molecule has 0 aliphatic carbocycles. The van der Waals surface area contributed by atoms with Crippen molar-refractivity contribution in [2.75, 3.05) is 13.2 Å². The second kappa shape index (κ2) is 4.84. The van der Waals surface area contributed by atoms with E-state index in [9.17, 15) is 4.79 Å². The van der Waals surface area contributed by atoms with Gasteiger partial charge < -0.3 is 9.47 Å². The molecular formula is C15H16O3. The standard InChI is InChI=1S/C15H16O3/c16-15-13(7-9-18-15)14-12(6-8-17-14)10-11-4-2-1-3-5-11/h1-5,12H,6-10H2/b14-13-. The molecule has 18 heavy (non-hydrogen) atoms. The summed E-state index contributed by atoms with van der Waals surface area (Å²) in [5.74, 6) is 1.01. The van der Waals surface area contributed by atoms with Crippen molar-refractivity contribution in [1.29, 1.82) is 0 Å². The number of allylic oxidation sites excluding steroid dienone is 1. The first-order chi connectivity index (χ1) is 8.84. The number of carbonyl (C=O) groups is 1. The van der Waals surface area contributed by atoms with Gasteiger partial charge in [-0.15, -0.1) is 0 Å². The second-order valence-corrected chi connectivity index (χ2v) is 4.75. The van der Waals surface area contributed by atoms with Gasteiger partial charge in [0.05, 0.1) is 18.8 Å². The fraction of sp³-hybridized carbons (Fsp3) is 0.400. The van der Waals surface area contributed by atoms with E-state index >= 15 is 0 Å². The molecule has 0 N–H and O–H groups in total. The highest BCUT2D eigenvalue weighted by Gasteiger charge is 2.32. The molecule has 2 heterocycles. The van der Waals surface area contributed by atoms with Gasteiger partial charge in [-0.25, -0.2) is 4.79 Å². The van der Waals surface area contributed by atoms with Crippen molar-refractivity contribution in [1.82, 2.24) is 0 Å². The van der Waals surface area contributed by atoms with Crippen molar-refractivity contribution in [3.63, 3.8) is 0 Å². The average Bonchev–Trinajstić information content (AvgIpc) is 2.99. The lowest BCUT2D eigenvalue weighted by molar-refractivity contribution is -0.135. The van der Waals surface area contributed by atoms with Gasteiger partial charge in [-0.05, 0) is 18.4 Å². The van der Waals surface area contributed by atoms with Crippen LogP contribution in [0.5, 0.6) is 0 Å². The summed E-state index contributed by atoms with van der Waals surface area (Å²) in [5, 5.41) is 0. The Morgan fingerprint density at radius 1 is 1.11 bits per heavy atom. The predicted molar refractivity (Wildman–Crippen MR) is 66.8 cm³/mol. The van der Waals surface area contributed by atoms with E-state index in [1.54, 1.807) is 0 Å². The normalized spacial score (nSPS) is 27.1. The van der Waals surface area contributed by atoms with E-state index in [1.807, 2.05) is 18.2 Å². The molecule has 0 saturated carbocycles. The molecule has 1 atom stereocenters. The number of ether oxygens (including phenoxy) is 2. The number of cyclic esters (lactones) is 1. The minimum Gasteiger partial charge on any atom is -0.497 e. The van der Waals surface area contributed by atoms with Crippen LogP contribution >= 0.6 is 0 Å². The molecular weight excluding hydrogens is 228 g/mol. The van der Waals surface area contributed by atoms with Crippen LogP contribution < -0.4 is 0 Å². The molecule has 0 aromatic heterocycles. The first kappa shape index (κ1) is 11.3. The van der Waals surface area contributed by atoms with E-state index in [0.717, 1.165) is 24.2 Å². The lowest BCUT2D eigenvalue weighted by atomic mass is 9.93. The maximum atomic E-state index is 11.6. The maximum absolute atomic E-state index is 11.6. The molecule has 2 saturated heterocycles. The summed E-state index contributed by atoms with van der Waals surface area (Å²) in [6.45, 7) is 1.21. The zero-order valence-electron chi connectivity index (χ0n) is 10.2. The van der Waals surface area contributed by atoms with E-state index in [-0.39, 0.29) is 5.97 Å². The quantitative estimate of drug-likeness (QED) is 0.592. The number of hydrogen-bond acceptors (Lipinski definition) is 3. The van der Waals surface area contributed by atoms with Gasteiger partial charge in [0.2, 0.25) is 0 Å². The highest BCUT2D eigenvalue weighted by molar-refractivity contribution is 5.90. The number of hydrogen-bond donors (Lipinski definition) is 0. The Morgan fingerprint density at radius 2 is 1.94 bits per heavy atom. The second-order valence-electron chi connectivity index (χ2n) is 4.75. The molecule has 94 valence electrons. The molecule has 1 aromatic rings. The molecule has 3 heteroatoms. The summed E-state index contributed by atoms with van der Waals surface area (Å²) in [6.07, 6.45) is 2.62. The van der Waals surface area contributed by atoms with Crippen LogP contribution in [0, 0.1) is 5.92 Å². The molecule has 1 aromatic carbocycles. The first-order valence-corrected chi connectivity index (χ1v) is 6.41. The lowest BCUT2D eigenvalue weighted by Crippen LogP contribution is -2.08. The van der Waals surface area contributed by atoms with Crippen LogP contribution in [0.25, 0.3) is 0 Å². The van der Waals surface area contributed by atoms with E-state index in [4.69, 9.17) is 9.47 Å². The average molecular weight is 244 g/mol. The van der Waals surface area contributed by atoms with Gasteiger partial charge in [0.15, 0.2) is 0 Å². The van der Waals surface area contributed by atoms with Crippen molar-refractivity contribution >= 4 is 5.97 Å². The number of benzene rings is 1. The van der Waals surface area contributed by atoms with Gasteiger partial charge >= 0.3 is 5.97 Å². The topological polar surface area (TPSA) is 35.5 Å². The Labute approximate surface area is 106 Å². The van der Waals surface area contributed by atoms with E-state index < -0.39 is 0 Å². The summed E-state index contributed by atoms with van der Waals surface area (Å²) in [7, 11) is 0. The molecule has 2 aliphatic heterocycles. The Kier molecular flexibility index (Phi) is 3.05.